The predicted molar refractivity (Wildman–Crippen MR) is 53.1 cm³/mol. The van der Waals surface area contributed by atoms with E-state index in [4.69, 9.17) is 5.84 Å². The van der Waals surface area contributed by atoms with E-state index in [9.17, 15) is 4.79 Å². The van der Waals surface area contributed by atoms with Crippen LogP contribution in [0.15, 0.2) is 35.1 Å². The summed E-state index contributed by atoms with van der Waals surface area (Å²) >= 11 is 0. The largest absolute Gasteiger partial charge is 0.336 e. The molecular weight excluding hydrogens is 164 g/mol. The number of rotatable bonds is 0. The first kappa shape index (κ1) is 7.86. The van der Waals surface area contributed by atoms with Gasteiger partial charge in [0, 0.05) is 11.5 Å². The van der Waals surface area contributed by atoms with Crippen molar-refractivity contribution < 1.29 is 0 Å². The minimum atomic E-state index is -0.182. The van der Waals surface area contributed by atoms with Crippen molar-refractivity contribution in [2.45, 2.75) is 6.92 Å². The fourth-order valence-corrected chi connectivity index (χ4v) is 1.45. The first-order chi connectivity index (χ1) is 6.20. The Balaban J connectivity index is 3.03. The summed E-state index contributed by atoms with van der Waals surface area (Å²) in [6.07, 6.45) is 0. The summed E-state index contributed by atoms with van der Waals surface area (Å²) in [7, 11) is 0. The maximum atomic E-state index is 11.2. The smallest absolute Gasteiger partial charge is 0.269 e. The van der Waals surface area contributed by atoms with Crippen molar-refractivity contribution in [2.24, 2.45) is 0 Å². The van der Waals surface area contributed by atoms with Gasteiger partial charge in [0.2, 0.25) is 0 Å². The van der Waals surface area contributed by atoms with E-state index in [-0.39, 0.29) is 5.56 Å². The van der Waals surface area contributed by atoms with E-state index >= 15 is 0 Å². The maximum absolute atomic E-state index is 11.2. The molecular formula is C10H10N2O. The van der Waals surface area contributed by atoms with Gasteiger partial charge in [0.15, 0.2) is 0 Å². The van der Waals surface area contributed by atoms with Crippen molar-refractivity contribution in [3.63, 3.8) is 0 Å². The van der Waals surface area contributed by atoms with Gasteiger partial charge in [0.25, 0.3) is 5.56 Å². The lowest BCUT2D eigenvalue weighted by atomic mass is 10.1. The third kappa shape index (κ3) is 1.09. The highest BCUT2D eigenvalue weighted by molar-refractivity contribution is 5.82. The molecule has 2 aromatic rings. The van der Waals surface area contributed by atoms with Crippen molar-refractivity contribution in [3.8, 4) is 0 Å². The van der Waals surface area contributed by atoms with E-state index in [1.165, 1.54) is 10.7 Å². The van der Waals surface area contributed by atoms with Gasteiger partial charge in [-0.2, -0.15) is 0 Å². The molecule has 0 aliphatic heterocycles. The second-order valence-electron chi connectivity index (χ2n) is 3.05. The molecule has 3 nitrogen and oxygen atoms in total. The molecule has 0 bridgehead atoms. The molecule has 0 amide bonds. The Morgan fingerprint density at radius 3 is 2.77 bits per heavy atom. The minimum absolute atomic E-state index is 0.182. The molecule has 2 rings (SSSR count). The fourth-order valence-electron chi connectivity index (χ4n) is 1.45. The topological polar surface area (TPSA) is 48.0 Å². The van der Waals surface area contributed by atoms with Gasteiger partial charge in [-0.05, 0) is 24.6 Å². The molecule has 0 unspecified atom stereocenters. The van der Waals surface area contributed by atoms with Crippen molar-refractivity contribution in [3.05, 3.63) is 46.2 Å². The molecule has 0 radical (unpaired) electrons. The maximum Gasteiger partial charge on any atom is 0.269 e. The summed E-state index contributed by atoms with van der Waals surface area (Å²) in [6.45, 7) is 1.99. The molecule has 2 N–H and O–H groups in total. The average molecular weight is 174 g/mol. The lowest BCUT2D eigenvalue weighted by molar-refractivity contribution is 0.988. The van der Waals surface area contributed by atoms with Crippen LogP contribution in [0.1, 0.15) is 5.56 Å². The van der Waals surface area contributed by atoms with Crippen molar-refractivity contribution in [2.75, 3.05) is 5.84 Å². The molecule has 0 aliphatic rings. The zero-order valence-electron chi connectivity index (χ0n) is 7.32. The highest BCUT2D eigenvalue weighted by Gasteiger charge is 2.00. The Morgan fingerprint density at radius 2 is 2.00 bits per heavy atom. The van der Waals surface area contributed by atoms with Crippen LogP contribution in [0.3, 0.4) is 0 Å². The SMILES string of the molecule is Cc1cccc2c1ccc(=O)n2N. The summed E-state index contributed by atoms with van der Waals surface area (Å²) in [5.41, 5.74) is 1.71. The Kier molecular flexibility index (Phi) is 1.59. The Bertz CT molecular complexity index is 514. The summed E-state index contributed by atoms with van der Waals surface area (Å²) in [4.78, 5) is 11.2. The van der Waals surface area contributed by atoms with Gasteiger partial charge < -0.3 is 5.84 Å². The lowest BCUT2D eigenvalue weighted by Gasteiger charge is -2.05. The highest BCUT2D eigenvalue weighted by Crippen LogP contribution is 2.14. The van der Waals surface area contributed by atoms with Crippen molar-refractivity contribution >= 4 is 10.9 Å². The molecule has 0 saturated heterocycles. The third-order valence-electron chi connectivity index (χ3n) is 2.19. The van der Waals surface area contributed by atoms with Crippen LogP contribution in [0.25, 0.3) is 10.9 Å². The van der Waals surface area contributed by atoms with Crippen LogP contribution in [0.2, 0.25) is 0 Å². The first-order valence-electron chi connectivity index (χ1n) is 4.06. The van der Waals surface area contributed by atoms with Crippen LogP contribution < -0.4 is 11.4 Å². The van der Waals surface area contributed by atoms with E-state index < -0.39 is 0 Å². The number of nitrogens with zero attached hydrogens (tertiary/aromatic N) is 1. The van der Waals surface area contributed by atoms with E-state index in [2.05, 4.69) is 0 Å². The van der Waals surface area contributed by atoms with Crippen LogP contribution in [0.5, 0.6) is 0 Å². The van der Waals surface area contributed by atoms with Crippen molar-refractivity contribution in [1.82, 2.24) is 4.68 Å². The van der Waals surface area contributed by atoms with Gasteiger partial charge in [0.1, 0.15) is 0 Å². The molecule has 66 valence electrons. The molecule has 0 atom stereocenters. The molecule has 3 heteroatoms. The van der Waals surface area contributed by atoms with Gasteiger partial charge in [-0.1, -0.05) is 12.1 Å². The lowest BCUT2D eigenvalue weighted by Crippen LogP contribution is -2.26. The molecule has 0 spiro atoms. The first-order valence-corrected chi connectivity index (χ1v) is 4.06. The second-order valence-corrected chi connectivity index (χ2v) is 3.05. The second kappa shape index (κ2) is 2.62. The molecule has 0 aliphatic carbocycles. The van der Waals surface area contributed by atoms with E-state index in [0.29, 0.717) is 0 Å². The summed E-state index contributed by atoms with van der Waals surface area (Å²) in [5.74, 6) is 5.59. The number of nitrogen functional groups attached to an aromatic ring is 1. The van der Waals surface area contributed by atoms with Gasteiger partial charge >= 0.3 is 0 Å². The van der Waals surface area contributed by atoms with Gasteiger partial charge in [-0.3, -0.25) is 4.79 Å². The van der Waals surface area contributed by atoms with Crippen LogP contribution in [0.4, 0.5) is 0 Å². The number of benzene rings is 1. The number of pyridine rings is 1. The summed E-state index contributed by atoms with van der Waals surface area (Å²) in [5, 5.41) is 1.02. The molecule has 1 heterocycles. The molecule has 0 saturated carbocycles. The quantitative estimate of drug-likeness (QED) is 0.606. The average Bonchev–Trinajstić information content (AvgIpc) is 2.12. The monoisotopic (exact) mass is 174 g/mol. The summed E-state index contributed by atoms with van der Waals surface area (Å²) in [6, 6.07) is 9.00. The zero-order chi connectivity index (χ0) is 9.42. The van der Waals surface area contributed by atoms with Gasteiger partial charge in [-0.25, -0.2) is 4.68 Å². The molecule has 1 aromatic heterocycles. The molecule has 1 aromatic carbocycles. The van der Waals surface area contributed by atoms with Crippen molar-refractivity contribution in [1.29, 1.82) is 0 Å². The normalized spacial score (nSPS) is 10.5. The van der Waals surface area contributed by atoms with E-state index in [1.54, 1.807) is 6.07 Å². The fraction of sp³-hybridized carbons (Fsp3) is 0.100. The van der Waals surface area contributed by atoms with Crippen LogP contribution >= 0.6 is 0 Å². The number of fused-ring (bicyclic) bond motifs is 1. The van der Waals surface area contributed by atoms with Crippen LogP contribution in [0, 0.1) is 6.92 Å². The van der Waals surface area contributed by atoms with Gasteiger partial charge in [0.05, 0.1) is 5.52 Å². The molecule has 13 heavy (non-hydrogen) atoms. The minimum Gasteiger partial charge on any atom is -0.336 e. The standard InChI is InChI=1S/C10H10N2O/c1-7-3-2-4-9-8(7)5-6-10(13)12(9)11/h2-6H,11H2,1H3. The molecule has 0 fully saturated rings. The number of aromatic nitrogens is 1. The highest BCUT2D eigenvalue weighted by atomic mass is 16.1. The Labute approximate surface area is 75.4 Å². The Hall–Kier alpha value is -1.77. The summed E-state index contributed by atoms with van der Waals surface area (Å²) < 4.78 is 1.17. The zero-order valence-corrected chi connectivity index (χ0v) is 7.32. The van der Waals surface area contributed by atoms with Crippen LogP contribution in [-0.4, -0.2) is 4.68 Å². The predicted octanol–water partition coefficient (Wildman–Crippen LogP) is 1.02. The van der Waals surface area contributed by atoms with E-state index in [1.807, 2.05) is 25.1 Å². The third-order valence-corrected chi connectivity index (χ3v) is 2.19. The number of nitrogens with two attached hydrogens (primary N) is 1. The Morgan fingerprint density at radius 1 is 1.23 bits per heavy atom. The van der Waals surface area contributed by atoms with Crippen LogP contribution in [-0.2, 0) is 0 Å². The number of aryl methyl sites for hydroxylation is 1. The number of hydrogen-bond donors (Lipinski definition) is 1. The van der Waals surface area contributed by atoms with E-state index in [0.717, 1.165) is 16.5 Å². The van der Waals surface area contributed by atoms with Gasteiger partial charge in [-0.15, -0.1) is 0 Å². The number of hydrogen-bond acceptors (Lipinski definition) is 2.